The average Bonchev–Trinajstić information content (AvgIpc) is 1.66. The van der Waals surface area contributed by atoms with Crippen LogP contribution in [0, 0.1) is 0 Å². The molecule has 0 bridgehead atoms. The van der Waals surface area contributed by atoms with Crippen LogP contribution in [-0.2, 0) is 4.79 Å². The minimum Gasteiger partial charge on any atom is -0.295 e. The lowest BCUT2D eigenvalue weighted by Gasteiger charge is -1.80. The van der Waals surface area contributed by atoms with Gasteiger partial charge in [0.2, 0.25) is 0 Å². The van der Waals surface area contributed by atoms with Crippen molar-refractivity contribution in [2.45, 2.75) is 13.8 Å². The van der Waals surface area contributed by atoms with Crippen molar-refractivity contribution in [2.75, 3.05) is 5.75 Å². The van der Waals surface area contributed by atoms with Crippen molar-refractivity contribution in [1.29, 1.82) is 0 Å². The van der Waals surface area contributed by atoms with Gasteiger partial charge in [-0.25, -0.2) is 0 Å². The van der Waals surface area contributed by atoms with Crippen LogP contribution in [0.25, 0.3) is 0 Å². The zero-order valence-electron chi connectivity index (χ0n) is 5.18. The molecular formula is C6H10OS. The average molecular weight is 130 g/mol. The SMILES string of the molecule is CCSC=CC(C)=O. The molecule has 0 aliphatic heterocycles. The summed E-state index contributed by atoms with van der Waals surface area (Å²) in [6.45, 7) is 3.60. The minimum absolute atomic E-state index is 0.117. The van der Waals surface area contributed by atoms with E-state index in [1.807, 2.05) is 5.41 Å². The fraction of sp³-hybridized carbons (Fsp3) is 0.500. The summed E-state index contributed by atoms with van der Waals surface area (Å²) in [6, 6.07) is 0. The number of carbonyl (C=O) groups is 1. The maximum Gasteiger partial charge on any atom is 0.153 e. The van der Waals surface area contributed by atoms with Crippen molar-refractivity contribution in [3.8, 4) is 0 Å². The second-order valence-corrected chi connectivity index (χ2v) is 2.55. The van der Waals surface area contributed by atoms with E-state index in [1.54, 1.807) is 24.8 Å². The molecule has 0 aromatic heterocycles. The molecule has 0 spiro atoms. The van der Waals surface area contributed by atoms with Gasteiger partial charge in [0.05, 0.1) is 0 Å². The first-order valence-corrected chi connectivity index (χ1v) is 3.61. The van der Waals surface area contributed by atoms with Crippen molar-refractivity contribution in [3.63, 3.8) is 0 Å². The number of hydrogen-bond acceptors (Lipinski definition) is 2. The molecule has 0 saturated carbocycles. The van der Waals surface area contributed by atoms with Crippen LogP contribution in [0.5, 0.6) is 0 Å². The highest BCUT2D eigenvalue weighted by Crippen LogP contribution is 1.98. The van der Waals surface area contributed by atoms with Gasteiger partial charge in [-0.05, 0) is 24.2 Å². The van der Waals surface area contributed by atoms with E-state index in [9.17, 15) is 4.79 Å². The number of allylic oxidation sites excluding steroid dienone is 1. The third-order valence-electron chi connectivity index (χ3n) is 0.566. The molecule has 0 aromatic carbocycles. The molecule has 0 unspecified atom stereocenters. The van der Waals surface area contributed by atoms with Gasteiger partial charge in [0, 0.05) is 0 Å². The molecule has 0 fully saturated rings. The van der Waals surface area contributed by atoms with Gasteiger partial charge in [-0.15, -0.1) is 11.8 Å². The number of rotatable bonds is 3. The molecular weight excluding hydrogens is 120 g/mol. The molecule has 46 valence electrons. The van der Waals surface area contributed by atoms with E-state index in [0.717, 1.165) is 5.75 Å². The van der Waals surface area contributed by atoms with Crippen molar-refractivity contribution < 1.29 is 4.79 Å². The third-order valence-corrected chi connectivity index (χ3v) is 1.23. The van der Waals surface area contributed by atoms with Crippen LogP contribution in [0.3, 0.4) is 0 Å². The molecule has 8 heavy (non-hydrogen) atoms. The lowest BCUT2D eigenvalue weighted by atomic mass is 10.5. The normalized spacial score (nSPS) is 10.2. The lowest BCUT2D eigenvalue weighted by molar-refractivity contribution is -0.112. The molecule has 0 amide bonds. The molecule has 0 aliphatic carbocycles. The van der Waals surface area contributed by atoms with Crippen LogP contribution >= 0.6 is 11.8 Å². The molecule has 0 saturated heterocycles. The summed E-state index contributed by atoms with van der Waals surface area (Å²) in [5, 5.41) is 1.82. The molecule has 1 nitrogen and oxygen atoms in total. The molecule has 0 rings (SSSR count). The van der Waals surface area contributed by atoms with Crippen molar-refractivity contribution in [1.82, 2.24) is 0 Å². The van der Waals surface area contributed by atoms with Crippen LogP contribution in [0.2, 0.25) is 0 Å². The van der Waals surface area contributed by atoms with Gasteiger partial charge in [0.15, 0.2) is 5.78 Å². The molecule has 0 atom stereocenters. The predicted molar refractivity (Wildman–Crippen MR) is 38.0 cm³/mol. The molecule has 0 heterocycles. The highest BCUT2D eigenvalue weighted by Gasteiger charge is 1.78. The predicted octanol–water partition coefficient (Wildman–Crippen LogP) is 1.84. The molecule has 0 N–H and O–H groups in total. The first-order chi connectivity index (χ1) is 3.77. The fourth-order valence-electron chi connectivity index (χ4n) is 0.240. The molecule has 2 heteroatoms. The van der Waals surface area contributed by atoms with E-state index in [1.165, 1.54) is 0 Å². The van der Waals surface area contributed by atoms with E-state index in [2.05, 4.69) is 6.92 Å². The quantitative estimate of drug-likeness (QED) is 0.542. The van der Waals surface area contributed by atoms with E-state index in [4.69, 9.17) is 0 Å². The largest absolute Gasteiger partial charge is 0.295 e. The lowest BCUT2D eigenvalue weighted by Crippen LogP contribution is -1.77. The smallest absolute Gasteiger partial charge is 0.153 e. The van der Waals surface area contributed by atoms with Crippen molar-refractivity contribution in [3.05, 3.63) is 11.5 Å². The van der Waals surface area contributed by atoms with Gasteiger partial charge in [0.1, 0.15) is 0 Å². The maximum absolute atomic E-state index is 10.2. The van der Waals surface area contributed by atoms with Crippen LogP contribution in [0.4, 0.5) is 0 Å². The standard InChI is InChI=1S/C6H10OS/c1-3-8-5-4-6(2)7/h4-5H,3H2,1-2H3. The van der Waals surface area contributed by atoms with E-state index in [-0.39, 0.29) is 5.78 Å². The van der Waals surface area contributed by atoms with Crippen LogP contribution in [0.15, 0.2) is 11.5 Å². The monoisotopic (exact) mass is 130 g/mol. The third kappa shape index (κ3) is 5.76. The van der Waals surface area contributed by atoms with E-state index < -0.39 is 0 Å². The molecule has 0 aliphatic rings. The Hall–Kier alpha value is -0.240. The number of ketones is 1. The van der Waals surface area contributed by atoms with Crippen LogP contribution in [0.1, 0.15) is 13.8 Å². The van der Waals surface area contributed by atoms with Gasteiger partial charge in [-0.2, -0.15) is 0 Å². The Kier molecular flexibility index (Phi) is 4.76. The number of hydrogen-bond donors (Lipinski definition) is 0. The summed E-state index contributed by atoms with van der Waals surface area (Å²) in [4.78, 5) is 10.2. The van der Waals surface area contributed by atoms with E-state index in [0.29, 0.717) is 0 Å². The van der Waals surface area contributed by atoms with Gasteiger partial charge in [-0.1, -0.05) is 6.92 Å². The fourth-order valence-corrected chi connectivity index (χ4v) is 0.720. The van der Waals surface area contributed by atoms with Crippen LogP contribution in [-0.4, -0.2) is 11.5 Å². The second-order valence-electron chi connectivity index (χ2n) is 1.37. The summed E-state index contributed by atoms with van der Waals surface area (Å²) in [5.74, 6) is 1.15. The molecule has 0 aromatic rings. The van der Waals surface area contributed by atoms with Crippen molar-refractivity contribution >= 4 is 17.5 Å². The second kappa shape index (κ2) is 4.91. The van der Waals surface area contributed by atoms with Gasteiger partial charge in [0.25, 0.3) is 0 Å². The van der Waals surface area contributed by atoms with Gasteiger partial charge in [-0.3, -0.25) is 4.79 Å². The van der Waals surface area contributed by atoms with Crippen LogP contribution < -0.4 is 0 Å². The number of thioether (sulfide) groups is 1. The minimum atomic E-state index is 0.117. The zero-order valence-corrected chi connectivity index (χ0v) is 5.99. The summed E-state index contributed by atoms with van der Waals surface area (Å²) < 4.78 is 0. The maximum atomic E-state index is 10.2. The Morgan fingerprint density at radius 3 is 2.75 bits per heavy atom. The number of carbonyl (C=O) groups excluding carboxylic acids is 1. The Balaban J connectivity index is 3.20. The summed E-state index contributed by atoms with van der Waals surface area (Å²) in [5.41, 5.74) is 0. The van der Waals surface area contributed by atoms with E-state index >= 15 is 0 Å². The Morgan fingerprint density at radius 1 is 1.75 bits per heavy atom. The Morgan fingerprint density at radius 2 is 2.38 bits per heavy atom. The first kappa shape index (κ1) is 7.76. The molecule has 0 radical (unpaired) electrons. The highest BCUT2D eigenvalue weighted by atomic mass is 32.2. The van der Waals surface area contributed by atoms with Crippen molar-refractivity contribution in [2.24, 2.45) is 0 Å². The Labute approximate surface area is 54.2 Å². The highest BCUT2D eigenvalue weighted by molar-refractivity contribution is 8.02. The zero-order chi connectivity index (χ0) is 6.41. The summed E-state index contributed by atoms with van der Waals surface area (Å²) in [7, 11) is 0. The van der Waals surface area contributed by atoms with Gasteiger partial charge < -0.3 is 0 Å². The summed E-state index contributed by atoms with van der Waals surface area (Å²) in [6.07, 6.45) is 1.58. The topological polar surface area (TPSA) is 17.1 Å². The van der Waals surface area contributed by atoms with Gasteiger partial charge >= 0.3 is 0 Å². The Bertz CT molecular complexity index is 96.7. The summed E-state index contributed by atoms with van der Waals surface area (Å²) >= 11 is 1.64. The first-order valence-electron chi connectivity index (χ1n) is 2.56.